The van der Waals surface area contributed by atoms with Crippen molar-refractivity contribution in [1.82, 2.24) is 9.62 Å². The quantitative estimate of drug-likeness (QED) is 0.784. The van der Waals surface area contributed by atoms with Crippen molar-refractivity contribution < 1.29 is 8.42 Å². The fraction of sp³-hybridized carbons (Fsp3) is 0.538. The molecule has 0 aliphatic carbocycles. The summed E-state index contributed by atoms with van der Waals surface area (Å²) in [4.78, 5) is 2.47. The van der Waals surface area contributed by atoms with Gasteiger partial charge < -0.3 is 10.6 Å². The molecule has 1 aliphatic rings. The Morgan fingerprint density at radius 1 is 1.40 bits per heavy atom. The molecule has 0 saturated carbocycles. The van der Waals surface area contributed by atoms with Crippen molar-refractivity contribution in [3.8, 4) is 0 Å². The van der Waals surface area contributed by atoms with E-state index in [9.17, 15) is 8.42 Å². The summed E-state index contributed by atoms with van der Waals surface area (Å²) in [5, 5.41) is 0. The fourth-order valence-electron chi connectivity index (χ4n) is 2.44. The van der Waals surface area contributed by atoms with Crippen molar-refractivity contribution in [3.63, 3.8) is 0 Å². The van der Waals surface area contributed by atoms with Gasteiger partial charge in [0, 0.05) is 22.7 Å². The Bertz CT molecular complexity index is 571. The molecule has 1 aromatic rings. The van der Waals surface area contributed by atoms with Crippen LogP contribution >= 0.6 is 15.9 Å². The van der Waals surface area contributed by atoms with Crippen molar-refractivity contribution in [2.45, 2.75) is 30.7 Å². The minimum atomic E-state index is -3.56. The second kappa shape index (κ2) is 6.43. The predicted molar refractivity (Wildman–Crippen MR) is 84.0 cm³/mol. The Balaban J connectivity index is 2.08. The summed E-state index contributed by atoms with van der Waals surface area (Å²) in [7, 11) is -3.56. The molecule has 1 aliphatic heterocycles. The molecule has 0 amide bonds. The van der Waals surface area contributed by atoms with Gasteiger partial charge in [0.25, 0.3) is 0 Å². The van der Waals surface area contributed by atoms with E-state index in [4.69, 9.17) is 5.73 Å². The second-order valence-corrected chi connectivity index (χ2v) is 7.76. The van der Waals surface area contributed by atoms with Crippen molar-refractivity contribution in [3.05, 3.63) is 22.7 Å². The van der Waals surface area contributed by atoms with Crippen molar-refractivity contribution >= 4 is 31.6 Å². The van der Waals surface area contributed by atoms with E-state index in [0.717, 1.165) is 19.6 Å². The maximum atomic E-state index is 12.4. The molecule has 2 rings (SSSR count). The highest BCUT2D eigenvalue weighted by molar-refractivity contribution is 9.10. The van der Waals surface area contributed by atoms with Crippen LogP contribution < -0.4 is 10.5 Å². The van der Waals surface area contributed by atoms with E-state index in [-0.39, 0.29) is 10.9 Å². The number of nitrogens with two attached hydrogens (primary N) is 1. The molecular weight excluding hydrogens is 342 g/mol. The van der Waals surface area contributed by atoms with Crippen LogP contribution in [0, 0.1) is 0 Å². The maximum absolute atomic E-state index is 12.4. The lowest BCUT2D eigenvalue weighted by Gasteiger charge is -2.21. The van der Waals surface area contributed by atoms with Gasteiger partial charge in [0.1, 0.15) is 0 Å². The lowest BCUT2D eigenvalue weighted by atomic mass is 10.3. The van der Waals surface area contributed by atoms with Crippen LogP contribution in [0.15, 0.2) is 27.6 Å². The standard InChI is InChI=1S/C13H20BrN3O2S/c1-10(9-17-6-2-3-7-17)16-20(18,19)13-8-11(15)4-5-12(13)14/h4-5,8,10,16H,2-3,6-7,9,15H2,1H3. The number of anilines is 1. The molecule has 112 valence electrons. The third-order valence-electron chi connectivity index (χ3n) is 3.33. The molecule has 0 radical (unpaired) electrons. The minimum Gasteiger partial charge on any atom is -0.399 e. The number of hydrogen-bond acceptors (Lipinski definition) is 4. The van der Waals surface area contributed by atoms with Gasteiger partial charge in [-0.2, -0.15) is 0 Å². The van der Waals surface area contributed by atoms with Gasteiger partial charge in [-0.15, -0.1) is 0 Å². The first-order valence-electron chi connectivity index (χ1n) is 6.68. The number of nitrogen functional groups attached to an aromatic ring is 1. The highest BCUT2D eigenvalue weighted by Gasteiger charge is 2.22. The van der Waals surface area contributed by atoms with E-state index in [0.29, 0.717) is 10.2 Å². The number of hydrogen-bond donors (Lipinski definition) is 2. The molecule has 1 saturated heterocycles. The second-order valence-electron chi connectivity index (χ2n) is 5.22. The van der Waals surface area contributed by atoms with Crippen LogP contribution in [0.3, 0.4) is 0 Å². The molecular formula is C13H20BrN3O2S. The van der Waals surface area contributed by atoms with Gasteiger partial charge in [-0.25, -0.2) is 13.1 Å². The highest BCUT2D eigenvalue weighted by Crippen LogP contribution is 2.24. The average Bonchev–Trinajstić information content (AvgIpc) is 2.84. The number of benzene rings is 1. The lowest BCUT2D eigenvalue weighted by molar-refractivity contribution is 0.313. The van der Waals surface area contributed by atoms with Gasteiger partial charge >= 0.3 is 0 Å². The molecule has 1 unspecified atom stereocenters. The van der Waals surface area contributed by atoms with E-state index in [1.807, 2.05) is 6.92 Å². The maximum Gasteiger partial charge on any atom is 0.242 e. The molecule has 0 aromatic heterocycles. The summed E-state index contributed by atoms with van der Waals surface area (Å²) in [6, 6.07) is 4.65. The topological polar surface area (TPSA) is 75.4 Å². The summed E-state index contributed by atoms with van der Waals surface area (Å²) in [6.45, 7) is 4.72. The zero-order valence-corrected chi connectivity index (χ0v) is 13.9. The molecule has 1 heterocycles. The first-order valence-corrected chi connectivity index (χ1v) is 8.96. The number of sulfonamides is 1. The summed E-state index contributed by atoms with van der Waals surface area (Å²) in [6.07, 6.45) is 2.39. The summed E-state index contributed by atoms with van der Waals surface area (Å²) in [5.41, 5.74) is 6.10. The SMILES string of the molecule is CC(CN1CCCC1)NS(=O)(=O)c1cc(N)ccc1Br. The van der Waals surface area contributed by atoms with Gasteiger partial charge in [-0.05, 0) is 67.0 Å². The normalized spacial score (nSPS) is 18.3. The number of nitrogens with zero attached hydrogens (tertiary/aromatic N) is 1. The van der Waals surface area contributed by atoms with Crippen molar-refractivity contribution in [1.29, 1.82) is 0 Å². The number of halogens is 1. The Morgan fingerprint density at radius 2 is 2.05 bits per heavy atom. The van der Waals surface area contributed by atoms with Crippen LogP contribution in [0.5, 0.6) is 0 Å². The first-order chi connectivity index (χ1) is 9.38. The van der Waals surface area contributed by atoms with E-state index in [2.05, 4.69) is 25.6 Å². The fourth-order valence-corrected chi connectivity index (χ4v) is 4.68. The summed E-state index contributed by atoms with van der Waals surface area (Å²) < 4.78 is 28.0. The average molecular weight is 362 g/mol. The van der Waals surface area contributed by atoms with Crippen LogP contribution in [0.25, 0.3) is 0 Å². The summed E-state index contributed by atoms with van der Waals surface area (Å²) >= 11 is 3.26. The molecule has 1 aromatic carbocycles. The first kappa shape index (κ1) is 15.8. The van der Waals surface area contributed by atoms with Gasteiger partial charge in [-0.3, -0.25) is 0 Å². The van der Waals surface area contributed by atoms with E-state index < -0.39 is 10.0 Å². The Morgan fingerprint density at radius 3 is 2.70 bits per heavy atom. The van der Waals surface area contributed by atoms with E-state index >= 15 is 0 Å². The van der Waals surface area contributed by atoms with Crippen molar-refractivity contribution in [2.24, 2.45) is 0 Å². The number of nitrogens with one attached hydrogen (secondary N) is 1. The lowest BCUT2D eigenvalue weighted by Crippen LogP contribution is -2.41. The zero-order valence-electron chi connectivity index (χ0n) is 11.5. The monoisotopic (exact) mass is 361 g/mol. The van der Waals surface area contributed by atoms with Crippen LogP contribution in [0.4, 0.5) is 5.69 Å². The predicted octanol–water partition coefficient (Wildman–Crippen LogP) is 1.79. The van der Waals surface area contributed by atoms with Crippen LogP contribution in [0.1, 0.15) is 19.8 Å². The molecule has 3 N–H and O–H groups in total. The van der Waals surface area contributed by atoms with Crippen LogP contribution in [0.2, 0.25) is 0 Å². The number of likely N-dealkylation sites (tertiary alicyclic amines) is 1. The molecule has 1 atom stereocenters. The number of rotatable bonds is 5. The highest BCUT2D eigenvalue weighted by atomic mass is 79.9. The molecule has 5 nitrogen and oxygen atoms in total. The largest absolute Gasteiger partial charge is 0.399 e. The third kappa shape index (κ3) is 3.94. The van der Waals surface area contributed by atoms with Crippen LogP contribution in [-0.2, 0) is 10.0 Å². The third-order valence-corrected chi connectivity index (χ3v) is 5.92. The molecule has 7 heteroatoms. The molecule has 20 heavy (non-hydrogen) atoms. The van der Waals surface area contributed by atoms with Gasteiger partial charge in [0.05, 0.1) is 4.90 Å². The molecule has 1 fully saturated rings. The van der Waals surface area contributed by atoms with Crippen LogP contribution in [-0.4, -0.2) is 39.0 Å². The summed E-state index contributed by atoms with van der Waals surface area (Å²) in [5.74, 6) is 0. The zero-order chi connectivity index (χ0) is 14.8. The van der Waals surface area contributed by atoms with Gasteiger partial charge in [0.2, 0.25) is 10.0 Å². The van der Waals surface area contributed by atoms with Crippen molar-refractivity contribution in [2.75, 3.05) is 25.4 Å². The molecule has 0 bridgehead atoms. The Kier molecular flexibility index (Phi) is 5.06. The minimum absolute atomic E-state index is 0.133. The van der Waals surface area contributed by atoms with Gasteiger partial charge in [0.15, 0.2) is 0 Å². The van der Waals surface area contributed by atoms with Gasteiger partial charge in [-0.1, -0.05) is 0 Å². The van der Waals surface area contributed by atoms with E-state index in [1.54, 1.807) is 12.1 Å². The molecule has 0 spiro atoms. The van der Waals surface area contributed by atoms with E-state index in [1.165, 1.54) is 18.9 Å². The Hall–Kier alpha value is -0.630. The Labute approximate surface area is 128 Å². The smallest absolute Gasteiger partial charge is 0.242 e.